The van der Waals surface area contributed by atoms with Crippen LogP contribution in [0.2, 0.25) is 0 Å². The molecule has 0 unspecified atom stereocenters. The summed E-state index contributed by atoms with van der Waals surface area (Å²) < 4.78 is 29.2. The van der Waals surface area contributed by atoms with Crippen molar-refractivity contribution in [3.63, 3.8) is 0 Å². The van der Waals surface area contributed by atoms with E-state index in [1.54, 1.807) is 54.6 Å². The van der Waals surface area contributed by atoms with Crippen LogP contribution in [0.5, 0.6) is 0 Å². The zero-order valence-electron chi connectivity index (χ0n) is 25.6. The van der Waals surface area contributed by atoms with Crippen LogP contribution in [-0.2, 0) is 32.6 Å². The van der Waals surface area contributed by atoms with Gasteiger partial charge in [0.15, 0.2) is 0 Å². The summed E-state index contributed by atoms with van der Waals surface area (Å²) in [5, 5.41) is 3.02. The minimum Gasteiger partial charge on any atom is -0.354 e. The summed E-state index contributed by atoms with van der Waals surface area (Å²) in [5.74, 6) is -0.742. The zero-order valence-corrected chi connectivity index (χ0v) is 26.5. The molecular weight excluding hydrogens is 570 g/mol. The molecule has 0 spiro atoms. The number of carbonyl (C=O) groups excluding carboxylic acids is 2. The van der Waals surface area contributed by atoms with Gasteiger partial charge in [0.1, 0.15) is 12.6 Å². The first-order valence-electron chi connectivity index (χ1n) is 15.0. The van der Waals surface area contributed by atoms with Gasteiger partial charge in [-0.3, -0.25) is 13.9 Å². The topological polar surface area (TPSA) is 86.8 Å². The average Bonchev–Trinajstić information content (AvgIpc) is 3.02. The third-order valence-electron chi connectivity index (χ3n) is 7.47. The van der Waals surface area contributed by atoms with E-state index in [1.165, 1.54) is 4.90 Å². The molecule has 7 nitrogen and oxygen atoms in total. The van der Waals surface area contributed by atoms with Gasteiger partial charge < -0.3 is 10.2 Å². The smallest absolute Gasteiger partial charge is 0.264 e. The Morgan fingerprint density at radius 3 is 2.05 bits per heavy atom. The van der Waals surface area contributed by atoms with E-state index >= 15 is 0 Å². The van der Waals surface area contributed by atoms with Crippen molar-refractivity contribution in [3.05, 3.63) is 131 Å². The molecule has 4 aromatic carbocycles. The van der Waals surface area contributed by atoms with Crippen molar-refractivity contribution < 1.29 is 18.0 Å². The summed E-state index contributed by atoms with van der Waals surface area (Å²) in [5.41, 5.74) is 4.06. The number of rotatable bonds is 14. The molecular formula is C36H41N3O4S. The molecule has 0 heterocycles. The number of amides is 2. The Morgan fingerprint density at radius 1 is 0.773 bits per heavy atom. The number of benzene rings is 4. The van der Waals surface area contributed by atoms with Crippen LogP contribution in [0.3, 0.4) is 0 Å². The highest BCUT2D eigenvalue weighted by Gasteiger charge is 2.34. The number of sulfonamides is 1. The second-order valence-electron chi connectivity index (χ2n) is 11.0. The molecule has 1 N–H and O–H groups in total. The second-order valence-corrected chi connectivity index (χ2v) is 12.9. The SMILES string of the molecule is CCCCNC(=O)[C@@H](Cc1ccccc1)N(Cc1cccc(C)c1)C(=O)CN(c1ccccc1)S(=O)(=O)c1ccc(C)cc1. The van der Waals surface area contributed by atoms with Crippen LogP contribution >= 0.6 is 0 Å². The van der Waals surface area contributed by atoms with E-state index in [4.69, 9.17) is 0 Å². The molecule has 0 aliphatic carbocycles. The van der Waals surface area contributed by atoms with Gasteiger partial charge in [-0.15, -0.1) is 0 Å². The van der Waals surface area contributed by atoms with Crippen LogP contribution in [0.4, 0.5) is 5.69 Å². The molecule has 230 valence electrons. The molecule has 4 aromatic rings. The number of nitrogens with zero attached hydrogens (tertiary/aromatic N) is 2. The standard InChI is InChI=1S/C36H41N3O4S/c1-4-5-23-37-36(41)34(25-30-14-8-6-9-15-30)38(26-31-16-12-13-29(3)24-31)35(40)27-39(32-17-10-7-11-18-32)44(42,43)33-21-19-28(2)20-22-33/h6-22,24,34H,4-5,23,25-27H2,1-3H3,(H,37,41)/t34-/m1/s1. The van der Waals surface area contributed by atoms with E-state index in [0.717, 1.165) is 39.4 Å². The predicted molar refractivity (Wildman–Crippen MR) is 176 cm³/mol. The lowest BCUT2D eigenvalue weighted by atomic mass is 10.0. The van der Waals surface area contributed by atoms with Crippen molar-refractivity contribution in [1.82, 2.24) is 10.2 Å². The molecule has 0 aromatic heterocycles. The Balaban J connectivity index is 1.77. The van der Waals surface area contributed by atoms with E-state index in [-0.39, 0.29) is 23.8 Å². The van der Waals surface area contributed by atoms with Crippen LogP contribution < -0.4 is 9.62 Å². The number of para-hydroxylation sites is 1. The van der Waals surface area contributed by atoms with Crippen LogP contribution in [0.25, 0.3) is 0 Å². The Morgan fingerprint density at radius 2 is 1.41 bits per heavy atom. The van der Waals surface area contributed by atoms with Gasteiger partial charge in [-0.05, 0) is 55.7 Å². The Bertz CT molecular complexity index is 1630. The normalized spacial score (nSPS) is 11.9. The predicted octanol–water partition coefficient (Wildman–Crippen LogP) is 6.06. The maximum Gasteiger partial charge on any atom is 0.264 e. The van der Waals surface area contributed by atoms with Gasteiger partial charge in [-0.1, -0.05) is 109 Å². The number of hydrogen-bond donors (Lipinski definition) is 1. The lowest BCUT2D eigenvalue weighted by Gasteiger charge is -2.34. The van der Waals surface area contributed by atoms with Gasteiger partial charge in [0.2, 0.25) is 11.8 Å². The van der Waals surface area contributed by atoms with Gasteiger partial charge in [0.05, 0.1) is 10.6 Å². The molecule has 2 amide bonds. The summed E-state index contributed by atoms with van der Waals surface area (Å²) in [7, 11) is -4.12. The van der Waals surface area contributed by atoms with Crippen LogP contribution in [0.15, 0.2) is 114 Å². The largest absolute Gasteiger partial charge is 0.354 e. The molecule has 0 aliphatic heterocycles. The van der Waals surface area contributed by atoms with E-state index in [9.17, 15) is 18.0 Å². The highest BCUT2D eigenvalue weighted by atomic mass is 32.2. The fourth-order valence-electron chi connectivity index (χ4n) is 5.03. The van der Waals surface area contributed by atoms with E-state index in [1.807, 2.05) is 75.4 Å². The molecule has 0 saturated carbocycles. The van der Waals surface area contributed by atoms with Crippen molar-refractivity contribution in [3.8, 4) is 0 Å². The number of aryl methyl sites for hydroxylation is 2. The minimum absolute atomic E-state index is 0.0862. The number of anilines is 1. The summed E-state index contributed by atoms with van der Waals surface area (Å²) in [6, 6.07) is 31.7. The van der Waals surface area contributed by atoms with Gasteiger partial charge in [0.25, 0.3) is 10.0 Å². The molecule has 0 aliphatic rings. The summed E-state index contributed by atoms with van der Waals surface area (Å²) in [6.45, 7) is 6.07. The molecule has 0 fully saturated rings. The van der Waals surface area contributed by atoms with Crippen molar-refractivity contribution in [2.75, 3.05) is 17.4 Å². The number of unbranched alkanes of at least 4 members (excludes halogenated alkanes) is 1. The highest BCUT2D eigenvalue weighted by Crippen LogP contribution is 2.25. The monoisotopic (exact) mass is 611 g/mol. The van der Waals surface area contributed by atoms with E-state index < -0.39 is 28.5 Å². The molecule has 44 heavy (non-hydrogen) atoms. The minimum atomic E-state index is -4.12. The third kappa shape index (κ3) is 8.57. The third-order valence-corrected chi connectivity index (χ3v) is 9.26. The number of hydrogen-bond acceptors (Lipinski definition) is 4. The molecule has 8 heteroatoms. The Kier molecular flexibility index (Phi) is 11.3. The first kappa shape index (κ1) is 32.5. The van der Waals surface area contributed by atoms with Crippen LogP contribution in [0.1, 0.15) is 42.0 Å². The zero-order chi connectivity index (χ0) is 31.5. The van der Waals surface area contributed by atoms with Crippen molar-refractivity contribution >= 4 is 27.5 Å². The van der Waals surface area contributed by atoms with Gasteiger partial charge in [0, 0.05) is 19.5 Å². The fourth-order valence-corrected chi connectivity index (χ4v) is 6.44. The maximum absolute atomic E-state index is 14.5. The average molecular weight is 612 g/mol. The summed E-state index contributed by atoms with van der Waals surface area (Å²) >= 11 is 0. The summed E-state index contributed by atoms with van der Waals surface area (Å²) in [4.78, 5) is 29.9. The lowest BCUT2D eigenvalue weighted by Crippen LogP contribution is -2.53. The lowest BCUT2D eigenvalue weighted by molar-refractivity contribution is -0.140. The maximum atomic E-state index is 14.5. The number of carbonyl (C=O) groups is 2. The fraction of sp³-hybridized carbons (Fsp3) is 0.278. The van der Waals surface area contributed by atoms with Crippen molar-refractivity contribution in [2.45, 2.75) is 57.5 Å². The Hall–Kier alpha value is -4.43. The first-order chi connectivity index (χ1) is 21.2. The van der Waals surface area contributed by atoms with Crippen molar-refractivity contribution in [2.24, 2.45) is 0 Å². The van der Waals surface area contributed by atoms with E-state index in [0.29, 0.717) is 12.2 Å². The van der Waals surface area contributed by atoms with Gasteiger partial charge in [-0.25, -0.2) is 8.42 Å². The number of nitrogens with one attached hydrogen (secondary N) is 1. The first-order valence-corrected chi connectivity index (χ1v) is 16.4. The van der Waals surface area contributed by atoms with Crippen molar-refractivity contribution in [1.29, 1.82) is 0 Å². The second kappa shape index (κ2) is 15.3. The van der Waals surface area contributed by atoms with Gasteiger partial charge in [-0.2, -0.15) is 0 Å². The quantitative estimate of drug-likeness (QED) is 0.176. The molecule has 0 saturated heterocycles. The molecule has 0 radical (unpaired) electrons. The van der Waals surface area contributed by atoms with Crippen LogP contribution in [0, 0.1) is 13.8 Å². The van der Waals surface area contributed by atoms with Crippen LogP contribution in [-0.4, -0.2) is 44.3 Å². The molecule has 4 rings (SSSR count). The molecule has 0 bridgehead atoms. The Labute approximate surface area is 261 Å². The highest BCUT2D eigenvalue weighted by molar-refractivity contribution is 7.92. The summed E-state index contributed by atoms with van der Waals surface area (Å²) in [6.07, 6.45) is 2.01. The van der Waals surface area contributed by atoms with E-state index in [2.05, 4.69) is 5.32 Å². The van der Waals surface area contributed by atoms with Gasteiger partial charge >= 0.3 is 0 Å². The molecule has 1 atom stereocenters.